The zero-order valence-corrected chi connectivity index (χ0v) is 11.7. The van der Waals surface area contributed by atoms with Crippen LogP contribution in [0.25, 0.3) is 10.8 Å². The van der Waals surface area contributed by atoms with E-state index in [1.807, 2.05) is 36.2 Å². The lowest BCUT2D eigenvalue weighted by Crippen LogP contribution is -2.47. The first kappa shape index (κ1) is 13.1. The highest BCUT2D eigenvalue weighted by molar-refractivity contribution is 6.06. The Labute approximate surface area is 118 Å². The lowest BCUT2D eigenvalue weighted by atomic mass is 10.0. The number of aromatic nitrogens is 1. The monoisotopic (exact) mass is 269 g/mol. The molecule has 1 unspecified atom stereocenters. The quantitative estimate of drug-likeness (QED) is 0.907. The molecule has 1 aromatic heterocycles. The maximum atomic E-state index is 12.8. The molecule has 2 heterocycles. The van der Waals surface area contributed by atoms with E-state index in [-0.39, 0.29) is 5.91 Å². The molecular formula is C16H19N3O. The van der Waals surface area contributed by atoms with Crippen LogP contribution in [0.15, 0.2) is 36.7 Å². The average Bonchev–Trinajstić information content (AvgIpc) is 2.53. The van der Waals surface area contributed by atoms with Gasteiger partial charge in [0.05, 0.1) is 0 Å². The maximum Gasteiger partial charge on any atom is 0.254 e. The molecule has 20 heavy (non-hydrogen) atoms. The molecule has 1 fully saturated rings. The summed E-state index contributed by atoms with van der Waals surface area (Å²) in [5.41, 5.74) is 0.779. The molecule has 1 aliphatic heterocycles. The topological polar surface area (TPSA) is 45.2 Å². The molecule has 0 aliphatic carbocycles. The number of piperidine rings is 1. The minimum Gasteiger partial charge on any atom is -0.337 e. The summed E-state index contributed by atoms with van der Waals surface area (Å²) >= 11 is 0. The van der Waals surface area contributed by atoms with Crippen molar-refractivity contribution in [2.24, 2.45) is 0 Å². The Balaban J connectivity index is 1.92. The number of fused-ring (bicyclic) bond motifs is 1. The third-order valence-electron chi connectivity index (χ3n) is 4.03. The summed E-state index contributed by atoms with van der Waals surface area (Å²) in [7, 11) is 1.96. The largest absolute Gasteiger partial charge is 0.337 e. The van der Waals surface area contributed by atoms with Crippen LogP contribution in [0.2, 0.25) is 0 Å². The first-order valence-electron chi connectivity index (χ1n) is 7.09. The van der Waals surface area contributed by atoms with E-state index in [1.54, 1.807) is 12.4 Å². The average molecular weight is 269 g/mol. The molecule has 1 aromatic carbocycles. The molecule has 0 spiro atoms. The van der Waals surface area contributed by atoms with Crippen molar-refractivity contribution in [2.75, 3.05) is 20.1 Å². The SMILES string of the molecule is CNC1CCCN(C(=O)c2cccc3cnccc23)C1. The van der Waals surface area contributed by atoms with Gasteiger partial charge in [0.1, 0.15) is 0 Å². The van der Waals surface area contributed by atoms with E-state index in [2.05, 4.69) is 10.3 Å². The normalized spacial score (nSPS) is 19.2. The van der Waals surface area contributed by atoms with E-state index in [4.69, 9.17) is 0 Å². The third-order valence-corrected chi connectivity index (χ3v) is 4.03. The van der Waals surface area contributed by atoms with Crippen LogP contribution in [0.5, 0.6) is 0 Å². The van der Waals surface area contributed by atoms with Gasteiger partial charge in [-0.05, 0) is 37.4 Å². The fourth-order valence-corrected chi connectivity index (χ4v) is 2.88. The fraction of sp³-hybridized carbons (Fsp3) is 0.375. The summed E-state index contributed by atoms with van der Waals surface area (Å²) in [6, 6.07) is 8.15. The lowest BCUT2D eigenvalue weighted by molar-refractivity contribution is 0.0700. The van der Waals surface area contributed by atoms with E-state index < -0.39 is 0 Å². The molecule has 0 bridgehead atoms. The molecule has 0 saturated carbocycles. The van der Waals surface area contributed by atoms with Gasteiger partial charge in [-0.2, -0.15) is 0 Å². The second kappa shape index (κ2) is 5.59. The molecule has 4 nitrogen and oxygen atoms in total. The number of rotatable bonds is 2. The van der Waals surface area contributed by atoms with Gasteiger partial charge in [0, 0.05) is 42.5 Å². The number of carbonyl (C=O) groups is 1. The first-order valence-corrected chi connectivity index (χ1v) is 7.09. The summed E-state index contributed by atoms with van der Waals surface area (Å²) in [6.07, 6.45) is 5.74. The smallest absolute Gasteiger partial charge is 0.254 e. The standard InChI is InChI=1S/C16H19N3O/c1-17-13-5-3-9-19(11-13)16(20)15-6-2-4-12-10-18-8-7-14(12)15/h2,4,6-8,10,13,17H,3,5,9,11H2,1H3. The first-order chi connectivity index (χ1) is 9.79. The minimum atomic E-state index is 0.127. The molecule has 2 aromatic rings. The second-order valence-corrected chi connectivity index (χ2v) is 5.28. The number of nitrogens with zero attached hydrogens (tertiary/aromatic N) is 2. The Hall–Kier alpha value is -1.94. The van der Waals surface area contributed by atoms with Crippen molar-refractivity contribution in [3.63, 3.8) is 0 Å². The van der Waals surface area contributed by atoms with Crippen LogP contribution in [0.3, 0.4) is 0 Å². The van der Waals surface area contributed by atoms with Crippen molar-refractivity contribution >= 4 is 16.7 Å². The van der Waals surface area contributed by atoms with E-state index >= 15 is 0 Å². The summed E-state index contributed by atoms with van der Waals surface area (Å²) in [5, 5.41) is 5.27. The van der Waals surface area contributed by atoms with E-state index in [0.29, 0.717) is 6.04 Å². The van der Waals surface area contributed by atoms with Crippen molar-refractivity contribution in [2.45, 2.75) is 18.9 Å². The van der Waals surface area contributed by atoms with E-state index in [9.17, 15) is 4.79 Å². The van der Waals surface area contributed by atoms with Gasteiger partial charge < -0.3 is 10.2 Å². The molecule has 1 amide bonds. The van der Waals surface area contributed by atoms with Crippen molar-refractivity contribution in [1.29, 1.82) is 0 Å². The Kier molecular flexibility index (Phi) is 3.65. The zero-order chi connectivity index (χ0) is 13.9. The van der Waals surface area contributed by atoms with Crippen LogP contribution >= 0.6 is 0 Å². The highest BCUT2D eigenvalue weighted by atomic mass is 16.2. The molecule has 3 rings (SSSR count). The van der Waals surface area contributed by atoms with Gasteiger partial charge in [-0.25, -0.2) is 0 Å². The van der Waals surface area contributed by atoms with Crippen molar-refractivity contribution < 1.29 is 4.79 Å². The van der Waals surface area contributed by atoms with Gasteiger partial charge in [0.15, 0.2) is 0 Å². The number of amides is 1. The number of benzene rings is 1. The number of likely N-dealkylation sites (N-methyl/N-ethyl adjacent to an activating group) is 1. The molecule has 0 radical (unpaired) electrons. The van der Waals surface area contributed by atoms with Gasteiger partial charge in [0.2, 0.25) is 0 Å². The van der Waals surface area contributed by atoms with Crippen LogP contribution < -0.4 is 5.32 Å². The number of pyridine rings is 1. The summed E-state index contributed by atoms with van der Waals surface area (Å²) in [5.74, 6) is 0.127. The predicted molar refractivity (Wildman–Crippen MR) is 79.7 cm³/mol. The van der Waals surface area contributed by atoms with Gasteiger partial charge in [-0.1, -0.05) is 12.1 Å². The Morgan fingerprint density at radius 1 is 1.40 bits per heavy atom. The third kappa shape index (κ3) is 2.39. The van der Waals surface area contributed by atoms with Gasteiger partial charge in [-0.15, -0.1) is 0 Å². The molecule has 1 atom stereocenters. The molecular weight excluding hydrogens is 250 g/mol. The summed E-state index contributed by atoms with van der Waals surface area (Å²) < 4.78 is 0. The number of hydrogen-bond acceptors (Lipinski definition) is 3. The highest BCUT2D eigenvalue weighted by Gasteiger charge is 2.24. The number of likely N-dealkylation sites (tertiary alicyclic amines) is 1. The van der Waals surface area contributed by atoms with E-state index in [0.717, 1.165) is 42.3 Å². The van der Waals surface area contributed by atoms with Crippen LogP contribution in [-0.4, -0.2) is 42.0 Å². The summed E-state index contributed by atoms with van der Waals surface area (Å²) in [4.78, 5) is 18.8. The molecule has 1 aliphatic rings. The van der Waals surface area contributed by atoms with Crippen LogP contribution in [0, 0.1) is 0 Å². The Morgan fingerprint density at radius 3 is 3.15 bits per heavy atom. The lowest BCUT2D eigenvalue weighted by Gasteiger charge is -2.32. The van der Waals surface area contributed by atoms with Crippen molar-refractivity contribution in [3.05, 3.63) is 42.2 Å². The molecule has 1 saturated heterocycles. The number of hydrogen-bond donors (Lipinski definition) is 1. The van der Waals surface area contributed by atoms with Crippen molar-refractivity contribution in [1.82, 2.24) is 15.2 Å². The second-order valence-electron chi connectivity index (χ2n) is 5.28. The molecule has 4 heteroatoms. The highest BCUT2D eigenvalue weighted by Crippen LogP contribution is 2.21. The Bertz CT molecular complexity index is 621. The van der Waals surface area contributed by atoms with Crippen LogP contribution in [0.4, 0.5) is 0 Å². The van der Waals surface area contributed by atoms with Crippen LogP contribution in [0.1, 0.15) is 23.2 Å². The Morgan fingerprint density at radius 2 is 2.30 bits per heavy atom. The minimum absolute atomic E-state index is 0.127. The predicted octanol–water partition coefficient (Wildman–Crippen LogP) is 2.06. The molecule has 1 N–H and O–H groups in total. The fourth-order valence-electron chi connectivity index (χ4n) is 2.88. The number of nitrogens with one attached hydrogen (secondary N) is 1. The van der Waals surface area contributed by atoms with Gasteiger partial charge >= 0.3 is 0 Å². The molecule has 104 valence electrons. The van der Waals surface area contributed by atoms with Crippen molar-refractivity contribution in [3.8, 4) is 0 Å². The summed E-state index contributed by atoms with van der Waals surface area (Å²) in [6.45, 7) is 1.63. The van der Waals surface area contributed by atoms with Gasteiger partial charge in [-0.3, -0.25) is 9.78 Å². The maximum absolute atomic E-state index is 12.8. The van der Waals surface area contributed by atoms with E-state index in [1.165, 1.54) is 0 Å². The number of carbonyl (C=O) groups excluding carboxylic acids is 1. The zero-order valence-electron chi connectivity index (χ0n) is 11.7. The van der Waals surface area contributed by atoms with Crippen LogP contribution in [-0.2, 0) is 0 Å². The van der Waals surface area contributed by atoms with Gasteiger partial charge in [0.25, 0.3) is 5.91 Å².